The predicted molar refractivity (Wildman–Crippen MR) is 61.3 cm³/mol. The van der Waals surface area contributed by atoms with Crippen molar-refractivity contribution in [2.24, 2.45) is 0 Å². The molecule has 15 heavy (non-hydrogen) atoms. The third-order valence-corrected chi connectivity index (χ3v) is 2.35. The van der Waals surface area contributed by atoms with Gasteiger partial charge in [0.05, 0.1) is 13.5 Å². The van der Waals surface area contributed by atoms with E-state index < -0.39 is 0 Å². The van der Waals surface area contributed by atoms with Gasteiger partial charge in [-0.15, -0.1) is 0 Å². The molecule has 0 spiro atoms. The van der Waals surface area contributed by atoms with Crippen molar-refractivity contribution in [3.8, 4) is 0 Å². The molecule has 0 heterocycles. The minimum atomic E-state index is -0.284. The number of rotatable bonds is 4. The van der Waals surface area contributed by atoms with Crippen LogP contribution in [0, 0.1) is 0 Å². The van der Waals surface area contributed by atoms with E-state index in [-0.39, 0.29) is 12.4 Å². The van der Waals surface area contributed by atoms with Crippen molar-refractivity contribution in [1.29, 1.82) is 0 Å². The van der Waals surface area contributed by atoms with Gasteiger partial charge in [-0.05, 0) is 24.6 Å². The van der Waals surface area contributed by atoms with Crippen LogP contribution in [0.1, 0.15) is 12.5 Å². The maximum atomic E-state index is 11.0. The molecule has 1 aromatic rings. The number of hydrogen-bond donors (Lipinski definition) is 1. The molecule has 1 aromatic carbocycles. The Balaban J connectivity index is 2.78. The Bertz CT molecular complexity index is 352. The smallest absolute Gasteiger partial charge is 0.310 e. The Kier molecular flexibility index (Phi) is 4.43. The molecule has 82 valence electrons. The zero-order valence-electron chi connectivity index (χ0n) is 8.84. The largest absolute Gasteiger partial charge is 0.469 e. The summed E-state index contributed by atoms with van der Waals surface area (Å²) in [6.07, 6.45) is 0.210. The number of carbonyl (C=O) groups is 1. The van der Waals surface area contributed by atoms with Crippen LogP contribution >= 0.6 is 11.6 Å². The molecule has 0 aromatic heterocycles. The standard InChI is InChI=1S/C11H14ClNO2/c1-3-13-9-5-4-8(10(12)7-9)6-11(14)15-2/h4-5,7,13H,3,6H2,1-2H3. The van der Waals surface area contributed by atoms with Gasteiger partial charge in [-0.2, -0.15) is 0 Å². The molecule has 0 fully saturated rings. The van der Waals surface area contributed by atoms with Crippen molar-refractivity contribution in [1.82, 2.24) is 0 Å². The highest BCUT2D eigenvalue weighted by Crippen LogP contribution is 2.21. The Morgan fingerprint density at radius 2 is 2.27 bits per heavy atom. The molecular weight excluding hydrogens is 214 g/mol. The maximum Gasteiger partial charge on any atom is 0.310 e. The molecule has 0 radical (unpaired) electrons. The fourth-order valence-electron chi connectivity index (χ4n) is 1.23. The van der Waals surface area contributed by atoms with Gasteiger partial charge in [-0.1, -0.05) is 17.7 Å². The molecule has 0 amide bonds. The summed E-state index contributed by atoms with van der Waals surface area (Å²) < 4.78 is 4.57. The van der Waals surface area contributed by atoms with E-state index in [1.165, 1.54) is 7.11 Å². The lowest BCUT2D eigenvalue weighted by molar-refractivity contribution is -0.139. The normalized spacial score (nSPS) is 9.80. The third-order valence-electron chi connectivity index (χ3n) is 2.00. The number of methoxy groups -OCH3 is 1. The van der Waals surface area contributed by atoms with Crippen molar-refractivity contribution in [2.75, 3.05) is 19.0 Å². The number of nitrogens with one attached hydrogen (secondary N) is 1. The highest BCUT2D eigenvalue weighted by Gasteiger charge is 2.07. The molecule has 0 saturated heterocycles. The topological polar surface area (TPSA) is 38.3 Å². The highest BCUT2D eigenvalue weighted by atomic mass is 35.5. The molecule has 0 unspecified atom stereocenters. The van der Waals surface area contributed by atoms with Crippen molar-refractivity contribution >= 4 is 23.3 Å². The molecular formula is C11H14ClNO2. The zero-order chi connectivity index (χ0) is 11.3. The van der Waals surface area contributed by atoms with Crippen LogP contribution in [0.25, 0.3) is 0 Å². The number of ether oxygens (including phenoxy) is 1. The quantitative estimate of drug-likeness (QED) is 0.804. The minimum absolute atomic E-state index is 0.210. The molecule has 1 rings (SSSR count). The number of anilines is 1. The van der Waals surface area contributed by atoms with Crippen molar-refractivity contribution in [3.63, 3.8) is 0 Å². The zero-order valence-corrected chi connectivity index (χ0v) is 9.60. The van der Waals surface area contributed by atoms with E-state index in [1.807, 2.05) is 25.1 Å². The Labute approximate surface area is 94.4 Å². The molecule has 0 aliphatic carbocycles. The van der Waals surface area contributed by atoms with E-state index >= 15 is 0 Å². The van der Waals surface area contributed by atoms with E-state index in [1.54, 1.807) is 0 Å². The Morgan fingerprint density at radius 1 is 1.53 bits per heavy atom. The highest BCUT2D eigenvalue weighted by molar-refractivity contribution is 6.31. The van der Waals surface area contributed by atoms with E-state index in [0.29, 0.717) is 5.02 Å². The molecule has 1 N–H and O–H groups in total. The average molecular weight is 228 g/mol. The maximum absolute atomic E-state index is 11.0. The van der Waals surface area contributed by atoms with Crippen LogP contribution in [0.4, 0.5) is 5.69 Å². The molecule has 3 nitrogen and oxygen atoms in total. The van der Waals surface area contributed by atoms with Gasteiger partial charge in [0.2, 0.25) is 0 Å². The lowest BCUT2D eigenvalue weighted by Crippen LogP contribution is -2.05. The summed E-state index contributed by atoms with van der Waals surface area (Å²) in [7, 11) is 1.36. The van der Waals surface area contributed by atoms with Gasteiger partial charge >= 0.3 is 5.97 Å². The first-order chi connectivity index (χ1) is 7.17. The van der Waals surface area contributed by atoms with Gasteiger partial charge in [-0.3, -0.25) is 4.79 Å². The lowest BCUT2D eigenvalue weighted by atomic mass is 10.1. The van der Waals surface area contributed by atoms with Gasteiger partial charge in [0, 0.05) is 17.3 Å². The molecule has 0 aliphatic rings. The van der Waals surface area contributed by atoms with Crippen molar-refractivity contribution < 1.29 is 9.53 Å². The summed E-state index contributed by atoms with van der Waals surface area (Å²) in [6.45, 7) is 2.85. The minimum Gasteiger partial charge on any atom is -0.469 e. The first-order valence-electron chi connectivity index (χ1n) is 4.76. The summed E-state index contributed by atoms with van der Waals surface area (Å²) in [5.74, 6) is -0.284. The van der Waals surface area contributed by atoms with E-state index in [9.17, 15) is 4.79 Å². The summed E-state index contributed by atoms with van der Waals surface area (Å²) >= 11 is 6.02. The number of benzene rings is 1. The molecule has 0 bridgehead atoms. The van der Waals surface area contributed by atoms with Crippen molar-refractivity contribution in [2.45, 2.75) is 13.3 Å². The van der Waals surface area contributed by atoms with Crippen LogP contribution in [0.2, 0.25) is 5.02 Å². The monoisotopic (exact) mass is 227 g/mol. The van der Waals surface area contributed by atoms with Crippen LogP contribution < -0.4 is 5.32 Å². The molecule has 0 aliphatic heterocycles. The van der Waals surface area contributed by atoms with Crippen LogP contribution in [0.3, 0.4) is 0 Å². The predicted octanol–water partition coefficient (Wildman–Crippen LogP) is 2.49. The first kappa shape index (κ1) is 11.9. The number of hydrogen-bond acceptors (Lipinski definition) is 3. The van der Waals surface area contributed by atoms with Crippen LogP contribution in [0.5, 0.6) is 0 Å². The summed E-state index contributed by atoms with van der Waals surface area (Å²) in [5.41, 5.74) is 1.74. The van der Waals surface area contributed by atoms with Gasteiger partial charge in [-0.25, -0.2) is 0 Å². The molecule has 0 atom stereocenters. The van der Waals surface area contributed by atoms with Crippen LogP contribution in [-0.4, -0.2) is 19.6 Å². The van der Waals surface area contributed by atoms with E-state index in [0.717, 1.165) is 17.8 Å². The van der Waals surface area contributed by atoms with E-state index in [2.05, 4.69) is 10.1 Å². The summed E-state index contributed by atoms with van der Waals surface area (Å²) in [4.78, 5) is 11.0. The first-order valence-corrected chi connectivity index (χ1v) is 5.14. The second-order valence-corrected chi connectivity index (χ2v) is 3.50. The molecule has 4 heteroatoms. The van der Waals surface area contributed by atoms with Crippen LogP contribution in [0.15, 0.2) is 18.2 Å². The number of halogens is 1. The number of esters is 1. The summed E-state index contributed by atoms with van der Waals surface area (Å²) in [5, 5.41) is 3.72. The second-order valence-electron chi connectivity index (χ2n) is 3.09. The summed E-state index contributed by atoms with van der Waals surface area (Å²) in [6, 6.07) is 5.54. The SMILES string of the molecule is CCNc1ccc(CC(=O)OC)c(Cl)c1. The van der Waals surface area contributed by atoms with Gasteiger partial charge < -0.3 is 10.1 Å². The number of carbonyl (C=O) groups excluding carboxylic acids is 1. The Morgan fingerprint density at radius 3 is 2.80 bits per heavy atom. The van der Waals surface area contributed by atoms with Gasteiger partial charge in [0.25, 0.3) is 0 Å². The fourth-order valence-corrected chi connectivity index (χ4v) is 1.48. The van der Waals surface area contributed by atoms with Gasteiger partial charge in [0.1, 0.15) is 0 Å². The fraction of sp³-hybridized carbons (Fsp3) is 0.364. The molecule has 0 saturated carbocycles. The van der Waals surface area contributed by atoms with Crippen LogP contribution in [-0.2, 0) is 16.0 Å². The van der Waals surface area contributed by atoms with Crippen molar-refractivity contribution in [3.05, 3.63) is 28.8 Å². The second kappa shape index (κ2) is 5.61. The Hall–Kier alpha value is -1.22. The van der Waals surface area contributed by atoms with E-state index in [4.69, 9.17) is 11.6 Å². The average Bonchev–Trinajstić information content (AvgIpc) is 2.22. The third kappa shape index (κ3) is 3.44. The lowest BCUT2D eigenvalue weighted by Gasteiger charge is -2.07. The van der Waals surface area contributed by atoms with Gasteiger partial charge in [0.15, 0.2) is 0 Å².